The van der Waals surface area contributed by atoms with E-state index in [0.717, 1.165) is 23.7 Å². The van der Waals surface area contributed by atoms with Crippen LogP contribution in [0.25, 0.3) is 0 Å². The van der Waals surface area contributed by atoms with Gasteiger partial charge in [0.15, 0.2) is 0 Å². The maximum absolute atomic E-state index is 11.5. The predicted octanol–water partition coefficient (Wildman–Crippen LogP) is 2.12. The average molecular weight is 289 g/mol. The van der Waals surface area contributed by atoms with Gasteiger partial charge in [0, 0.05) is 18.8 Å². The lowest BCUT2D eigenvalue weighted by molar-refractivity contribution is -0.120. The number of nitrogens with one attached hydrogen (secondary N) is 2. The molecular formula is C17H27N3O. The molecule has 2 rings (SSSR count). The minimum Gasteiger partial charge on any atom is -0.385 e. The van der Waals surface area contributed by atoms with Gasteiger partial charge in [-0.25, -0.2) is 0 Å². The summed E-state index contributed by atoms with van der Waals surface area (Å²) in [4.78, 5) is 13.9. The normalized spacial score (nSPS) is 16.7. The number of likely N-dealkylation sites (N-methyl/N-ethyl adjacent to an activating group) is 1. The van der Waals surface area contributed by atoms with Crippen LogP contribution in [0.15, 0.2) is 24.3 Å². The van der Waals surface area contributed by atoms with Gasteiger partial charge in [-0.15, -0.1) is 0 Å². The van der Waals surface area contributed by atoms with Crippen molar-refractivity contribution in [1.29, 1.82) is 0 Å². The number of hydrogen-bond acceptors (Lipinski definition) is 3. The maximum atomic E-state index is 11.5. The molecule has 2 N–H and O–H groups in total. The molecule has 1 heterocycles. The highest BCUT2D eigenvalue weighted by atomic mass is 16.1. The van der Waals surface area contributed by atoms with Gasteiger partial charge in [-0.1, -0.05) is 12.1 Å². The first-order valence-electron chi connectivity index (χ1n) is 7.95. The highest BCUT2D eigenvalue weighted by Crippen LogP contribution is 2.17. The van der Waals surface area contributed by atoms with Crippen molar-refractivity contribution in [3.63, 3.8) is 0 Å². The van der Waals surface area contributed by atoms with E-state index in [4.69, 9.17) is 0 Å². The molecule has 4 heteroatoms. The zero-order valence-electron chi connectivity index (χ0n) is 13.2. The minimum atomic E-state index is 0.0875. The van der Waals surface area contributed by atoms with Crippen LogP contribution < -0.4 is 10.6 Å². The molecular weight excluding hydrogens is 262 g/mol. The van der Waals surface area contributed by atoms with Crippen LogP contribution in [0, 0.1) is 5.92 Å². The molecule has 1 amide bonds. The van der Waals surface area contributed by atoms with E-state index in [1.807, 2.05) is 19.1 Å². The molecule has 116 valence electrons. The Kier molecular flexibility index (Phi) is 6.05. The average Bonchev–Trinajstić information content (AvgIpc) is 2.48. The van der Waals surface area contributed by atoms with Crippen LogP contribution in [0.1, 0.15) is 25.3 Å². The maximum Gasteiger partial charge on any atom is 0.224 e. The van der Waals surface area contributed by atoms with Gasteiger partial charge >= 0.3 is 0 Å². The Hall–Kier alpha value is -1.55. The first kappa shape index (κ1) is 15.8. The summed E-state index contributed by atoms with van der Waals surface area (Å²) < 4.78 is 0. The summed E-state index contributed by atoms with van der Waals surface area (Å²) in [5, 5.41) is 6.34. The number of nitrogens with zero attached hydrogens (tertiary/aromatic N) is 1. The molecule has 0 saturated carbocycles. The third kappa shape index (κ3) is 5.38. The van der Waals surface area contributed by atoms with Gasteiger partial charge in [0.1, 0.15) is 0 Å². The molecule has 1 fully saturated rings. The standard InChI is InChI=1S/C17H27N3O/c1-3-18-17(21)12-14-4-6-16(7-5-14)19-13-15-8-10-20(2)11-9-15/h4-7,15,19H,3,8-13H2,1-2H3,(H,18,21). The summed E-state index contributed by atoms with van der Waals surface area (Å²) in [5.74, 6) is 0.862. The van der Waals surface area contributed by atoms with Gasteiger partial charge < -0.3 is 15.5 Å². The van der Waals surface area contributed by atoms with E-state index in [-0.39, 0.29) is 5.91 Å². The number of carbonyl (C=O) groups is 1. The number of anilines is 1. The molecule has 4 nitrogen and oxygen atoms in total. The quantitative estimate of drug-likeness (QED) is 0.843. The smallest absolute Gasteiger partial charge is 0.224 e. The Bertz CT molecular complexity index is 436. The van der Waals surface area contributed by atoms with Crippen molar-refractivity contribution in [2.45, 2.75) is 26.2 Å². The van der Waals surface area contributed by atoms with E-state index in [1.54, 1.807) is 0 Å². The molecule has 1 aliphatic rings. The Morgan fingerprint density at radius 2 is 1.90 bits per heavy atom. The molecule has 0 aliphatic carbocycles. The third-order valence-corrected chi connectivity index (χ3v) is 4.13. The van der Waals surface area contributed by atoms with Crippen LogP contribution in [0.3, 0.4) is 0 Å². The van der Waals surface area contributed by atoms with Crippen LogP contribution in [0.5, 0.6) is 0 Å². The molecule has 0 unspecified atom stereocenters. The van der Waals surface area contributed by atoms with Crippen molar-refractivity contribution in [1.82, 2.24) is 10.2 Å². The fraction of sp³-hybridized carbons (Fsp3) is 0.588. The fourth-order valence-corrected chi connectivity index (χ4v) is 2.71. The molecule has 1 aromatic carbocycles. The van der Waals surface area contributed by atoms with Crippen LogP contribution in [0.2, 0.25) is 0 Å². The van der Waals surface area contributed by atoms with Crippen molar-refractivity contribution < 1.29 is 4.79 Å². The van der Waals surface area contributed by atoms with E-state index in [2.05, 4.69) is 34.7 Å². The van der Waals surface area contributed by atoms with Crippen molar-refractivity contribution in [3.05, 3.63) is 29.8 Å². The molecule has 0 bridgehead atoms. The largest absolute Gasteiger partial charge is 0.385 e. The SMILES string of the molecule is CCNC(=O)Cc1ccc(NCC2CCN(C)CC2)cc1. The zero-order chi connectivity index (χ0) is 15.1. The third-order valence-electron chi connectivity index (χ3n) is 4.13. The van der Waals surface area contributed by atoms with Gasteiger partial charge in [0.2, 0.25) is 5.91 Å². The van der Waals surface area contributed by atoms with Crippen molar-refractivity contribution in [2.24, 2.45) is 5.92 Å². The van der Waals surface area contributed by atoms with Gasteiger partial charge in [-0.05, 0) is 63.5 Å². The number of benzene rings is 1. The lowest BCUT2D eigenvalue weighted by atomic mass is 9.97. The van der Waals surface area contributed by atoms with Crippen LogP contribution in [-0.4, -0.2) is 44.0 Å². The van der Waals surface area contributed by atoms with E-state index in [0.29, 0.717) is 13.0 Å². The number of likely N-dealkylation sites (tertiary alicyclic amines) is 1. The summed E-state index contributed by atoms with van der Waals surface area (Å²) in [6.45, 7) is 6.09. The Morgan fingerprint density at radius 3 is 2.52 bits per heavy atom. The molecule has 1 aromatic rings. The van der Waals surface area contributed by atoms with E-state index >= 15 is 0 Å². The molecule has 1 aliphatic heterocycles. The molecule has 1 saturated heterocycles. The monoisotopic (exact) mass is 289 g/mol. The summed E-state index contributed by atoms with van der Waals surface area (Å²) in [6.07, 6.45) is 3.01. The molecule has 0 radical (unpaired) electrons. The number of amides is 1. The Morgan fingerprint density at radius 1 is 1.24 bits per heavy atom. The first-order valence-corrected chi connectivity index (χ1v) is 7.95. The number of piperidine rings is 1. The highest BCUT2D eigenvalue weighted by Gasteiger charge is 2.16. The van der Waals surface area contributed by atoms with Gasteiger partial charge in [-0.3, -0.25) is 4.79 Å². The highest BCUT2D eigenvalue weighted by molar-refractivity contribution is 5.78. The minimum absolute atomic E-state index is 0.0875. The Balaban J connectivity index is 1.75. The molecule has 0 aromatic heterocycles. The van der Waals surface area contributed by atoms with Crippen LogP contribution in [-0.2, 0) is 11.2 Å². The van der Waals surface area contributed by atoms with E-state index in [1.165, 1.54) is 25.9 Å². The van der Waals surface area contributed by atoms with Crippen molar-refractivity contribution in [2.75, 3.05) is 38.5 Å². The number of carbonyl (C=O) groups excluding carboxylic acids is 1. The lowest BCUT2D eigenvalue weighted by Crippen LogP contribution is -2.32. The summed E-state index contributed by atoms with van der Waals surface area (Å²) in [5.41, 5.74) is 2.21. The number of rotatable bonds is 6. The zero-order valence-corrected chi connectivity index (χ0v) is 13.2. The summed E-state index contributed by atoms with van der Waals surface area (Å²) >= 11 is 0. The molecule has 0 spiro atoms. The van der Waals surface area contributed by atoms with Crippen LogP contribution >= 0.6 is 0 Å². The predicted molar refractivity (Wildman–Crippen MR) is 87.5 cm³/mol. The van der Waals surface area contributed by atoms with Crippen molar-refractivity contribution >= 4 is 11.6 Å². The molecule has 0 atom stereocenters. The van der Waals surface area contributed by atoms with Crippen molar-refractivity contribution in [3.8, 4) is 0 Å². The van der Waals surface area contributed by atoms with Gasteiger partial charge in [-0.2, -0.15) is 0 Å². The first-order chi connectivity index (χ1) is 10.2. The summed E-state index contributed by atoms with van der Waals surface area (Å²) in [7, 11) is 2.19. The second kappa shape index (κ2) is 8.03. The second-order valence-electron chi connectivity index (χ2n) is 5.95. The van der Waals surface area contributed by atoms with Crippen LogP contribution in [0.4, 0.5) is 5.69 Å². The summed E-state index contributed by atoms with van der Waals surface area (Å²) in [6, 6.07) is 8.21. The van der Waals surface area contributed by atoms with Gasteiger partial charge in [0.25, 0.3) is 0 Å². The lowest BCUT2D eigenvalue weighted by Gasteiger charge is -2.29. The second-order valence-corrected chi connectivity index (χ2v) is 5.95. The van der Waals surface area contributed by atoms with E-state index < -0.39 is 0 Å². The van der Waals surface area contributed by atoms with Gasteiger partial charge in [0.05, 0.1) is 6.42 Å². The van der Waals surface area contributed by atoms with E-state index in [9.17, 15) is 4.79 Å². The fourth-order valence-electron chi connectivity index (χ4n) is 2.71. The number of hydrogen-bond donors (Lipinski definition) is 2. The Labute approximate surface area is 127 Å². The topological polar surface area (TPSA) is 44.4 Å². The molecule has 21 heavy (non-hydrogen) atoms.